The van der Waals surface area contributed by atoms with Gasteiger partial charge >= 0.3 is 0 Å². The van der Waals surface area contributed by atoms with Gasteiger partial charge in [0.05, 0.1) is 33.1 Å². The van der Waals surface area contributed by atoms with Crippen molar-refractivity contribution in [2.45, 2.75) is 0 Å². The maximum atomic E-state index is 4.26. The first-order valence-corrected chi connectivity index (χ1v) is 15.3. The molecule has 0 aliphatic rings. The van der Waals surface area contributed by atoms with E-state index in [1.165, 1.54) is 71.1 Å². The van der Waals surface area contributed by atoms with Crippen LogP contribution in [0, 0.1) is 0 Å². The molecule has 210 valence electrons. The molecule has 0 atom stereocenters. The van der Waals surface area contributed by atoms with Gasteiger partial charge in [0.15, 0.2) is 0 Å². The maximum absolute atomic E-state index is 4.26. The second-order valence-corrected chi connectivity index (χ2v) is 11.7. The molecule has 4 heteroatoms. The largest absolute Gasteiger partial charge is 0.309 e. The number of rotatable bonds is 3. The van der Waals surface area contributed by atoms with Crippen LogP contribution in [0.3, 0.4) is 0 Å². The fourth-order valence-corrected chi connectivity index (χ4v) is 7.45. The molecule has 0 saturated carbocycles. The minimum atomic E-state index is 1.11. The summed E-state index contributed by atoms with van der Waals surface area (Å²) in [6.07, 6.45) is 3.71. The lowest BCUT2D eigenvalue weighted by Crippen LogP contribution is -1.96. The molecule has 4 nitrogen and oxygen atoms in total. The van der Waals surface area contributed by atoms with Crippen molar-refractivity contribution in [1.29, 1.82) is 0 Å². The van der Waals surface area contributed by atoms with Crippen LogP contribution in [0.4, 0.5) is 0 Å². The predicted octanol–water partition coefficient (Wildman–Crippen LogP) is 10.4. The molecule has 0 radical (unpaired) electrons. The van der Waals surface area contributed by atoms with Crippen molar-refractivity contribution in [2.75, 3.05) is 0 Å². The second-order valence-electron chi connectivity index (χ2n) is 11.7. The Morgan fingerprint density at radius 1 is 0.289 bits per heavy atom. The molecule has 0 amide bonds. The highest BCUT2D eigenvalue weighted by Crippen LogP contribution is 2.39. The summed E-state index contributed by atoms with van der Waals surface area (Å²) in [6.45, 7) is 0. The number of aromatic nitrogens is 4. The van der Waals surface area contributed by atoms with Crippen molar-refractivity contribution >= 4 is 65.4 Å². The molecule has 10 aromatic rings. The molecule has 45 heavy (non-hydrogen) atoms. The average Bonchev–Trinajstić information content (AvgIpc) is 3.74. The minimum absolute atomic E-state index is 1.11. The fourth-order valence-electron chi connectivity index (χ4n) is 7.45. The summed E-state index contributed by atoms with van der Waals surface area (Å²) < 4.78 is 7.15. The zero-order valence-electron chi connectivity index (χ0n) is 24.3. The third-order valence-corrected chi connectivity index (χ3v) is 9.33. The minimum Gasteiger partial charge on any atom is -0.309 e. The average molecular weight is 575 g/mol. The van der Waals surface area contributed by atoms with Gasteiger partial charge in [-0.2, -0.15) is 0 Å². The molecule has 0 aliphatic carbocycles. The van der Waals surface area contributed by atoms with E-state index in [1.807, 2.05) is 12.4 Å². The van der Waals surface area contributed by atoms with E-state index < -0.39 is 0 Å². The van der Waals surface area contributed by atoms with E-state index in [-0.39, 0.29) is 0 Å². The van der Waals surface area contributed by atoms with Gasteiger partial charge in [0.2, 0.25) is 0 Å². The van der Waals surface area contributed by atoms with Crippen molar-refractivity contribution < 1.29 is 0 Å². The zero-order chi connectivity index (χ0) is 29.5. The van der Waals surface area contributed by atoms with Crippen LogP contribution in [0.1, 0.15) is 0 Å². The number of fused-ring (bicyclic) bond motifs is 9. The van der Waals surface area contributed by atoms with E-state index >= 15 is 0 Å². The van der Waals surface area contributed by atoms with E-state index in [2.05, 4.69) is 164 Å². The Morgan fingerprint density at radius 2 is 0.622 bits per heavy atom. The quantitative estimate of drug-likeness (QED) is 0.206. The number of nitrogens with zero attached hydrogens (tertiary/aromatic N) is 4. The first-order valence-electron chi connectivity index (χ1n) is 15.3. The SMILES string of the molecule is c1ccc2c(c1)c1ccccc1n2-c1ccc2c(c1)c1ccccc1n2-c1ccc2c(c1)c1ccccc1n2-c1ccncc1. The Labute approximate surface area is 258 Å². The number of hydrogen-bond acceptors (Lipinski definition) is 1. The van der Waals surface area contributed by atoms with Crippen LogP contribution in [0.15, 0.2) is 158 Å². The first-order chi connectivity index (χ1) is 22.3. The molecule has 0 bridgehead atoms. The van der Waals surface area contributed by atoms with Gasteiger partial charge in [-0.1, -0.05) is 72.8 Å². The van der Waals surface area contributed by atoms with Crippen LogP contribution < -0.4 is 0 Å². The van der Waals surface area contributed by atoms with E-state index in [9.17, 15) is 0 Å². The maximum Gasteiger partial charge on any atom is 0.0542 e. The van der Waals surface area contributed by atoms with Crippen molar-refractivity contribution in [2.24, 2.45) is 0 Å². The van der Waals surface area contributed by atoms with Gasteiger partial charge in [-0.25, -0.2) is 0 Å². The van der Waals surface area contributed by atoms with Crippen LogP contribution in [0.25, 0.3) is 82.5 Å². The topological polar surface area (TPSA) is 27.7 Å². The van der Waals surface area contributed by atoms with Crippen molar-refractivity contribution in [3.8, 4) is 17.1 Å². The lowest BCUT2D eigenvalue weighted by Gasteiger charge is -2.11. The Bertz CT molecular complexity index is 2710. The standard InChI is InChI=1S/C41H26N4/c1-5-13-36-30(9-1)31-10-2-6-14-37(31)44(36)28-18-20-41-35(25-28)33-12-4-8-16-39(33)45(41)29-17-19-40-34(26-29)32-11-3-7-15-38(32)43(40)27-21-23-42-24-22-27/h1-26H. The normalized spacial score (nSPS) is 12.0. The Balaban J connectivity index is 1.24. The van der Waals surface area contributed by atoms with Crippen molar-refractivity contribution in [1.82, 2.24) is 18.7 Å². The zero-order valence-corrected chi connectivity index (χ0v) is 24.3. The van der Waals surface area contributed by atoms with Gasteiger partial charge in [0.1, 0.15) is 0 Å². The summed E-state index contributed by atoms with van der Waals surface area (Å²) in [5.74, 6) is 0. The molecule has 10 rings (SSSR count). The fraction of sp³-hybridized carbons (Fsp3) is 0. The van der Waals surface area contributed by atoms with Crippen LogP contribution in [0.2, 0.25) is 0 Å². The Hall–Kier alpha value is -6.13. The van der Waals surface area contributed by atoms with Gasteiger partial charge in [-0.3, -0.25) is 4.98 Å². The van der Waals surface area contributed by atoms with Crippen molar-refractivity contribution in [3.05, 3.63) is 158 Å². The first kappa shape index (κ1) is 24.3. The van der Waals surface area contributed by atoms with Crippen LogP contribution >= 0.6 is 0 Å². The van der Waals surface area contributed by atoms with E-state index in [4.69, 9.17) is 0 Å². The predicted molar refractivity (Wildman–Crippen MR) is 187 cm³/mol. The summed E-state index contributed by atoms with van der Waals surface area (Å²) in [5.41, 5.74) is 10.6. The number of hydrogen-bond donors (Lipinski definition) is 0. The Morgan fingerprint density at radius 3 is 1.04 bits per heavy atom. The third kappa shape index (κ3) is 3.39. The van der Waals surface area contributed by atoms with Gasteiger partial charge < -0.3 is 13.7 Å². The third-order valence-electron chi connectivity index (χ3n) is 9.33. The molecule has 0 saturated heterocycles. The van der Waals surface area contributed by atoms with Crippen LogP contribution in [-0.2, 0) is 0 Å². The van der Waals surface area contributed by atoms with E-state index in [0.29, 0.717) is 0 Å². The van der Waals surface area contributed by atoms with E-state index in [1.54, 1.807) is 0 Å². The number of benzene rings is 6. The lowest BCUT2D eigenvalue weighted by molar-refractivity contribution is 1.15. The molecule has 4 heterocycles. The van der Waals surface area contributed by atoms with Crippen molar-refractivity contribution in [3.63, 3.8) is 0 Å². The van der Waals surface area contributed by atoms with Crippen LogP contribution in [-0.4, -0.2) is 18.7 Å². The summed E-state index contributed by atoms with van der Waals surface area (Å²) in [6, 6.07) is 52.8. The van der Waals surface area contributed by atoms with E-state index in [0.717, 1.165) is 11.4 Å². The summed E-state index contributed by atoms with van der Waals surface area (Å²) in [4.78, 5) is 4.26. The second kappa shape index (κ2) is 9.18. The van der Waals surface area contributed by atoms with Gasteiger partial charge in [-0.15, -0.1) is 0 Å². The molecular weight excluding hydrogens is 548 g/mol. The molecule has 0 aliphatic heterocycles. The highest BCUT2D eigenvalue weighted by Gasteiger charge is 2.18. The highest BCUT2D eigenvalue weighted by molar-refractivity contribution is 6.13. The lowest BCUT2D eigenvalue weighted by atomic mass is 10.1. The Kier molecular flexibility index (Phi) is 4.96. The molecule has 0 unspecified atom stereocenters. The molecule has 6 aromatic carbocycles. The molecule has 0 fully saturated rings. The molecule has 0 spiro atoms. The number of pyridine rings is 1. The summed E-state index contributed by atoms with van der Waals surface area (Å²) >= 11 is 0. The van der Waals surface area contributed by atoms with Gasteiger partial charge in [0, 0.05) is 61.8 Å². The van der Waals surface area contributed by atoms with Crippen LogP contribution in [0.5, 0.6) is 0 Å². The summed E-state index contributed by atoms with van der Waals surface area (Å²) in [7, 11) is 0. The molecule has 0 N–H and O–H groups in total. The highest BCUT2D eigenvalue weighted by atomic mass is 15.0. The van der Waals surface area contributed by atoms with Gasteiger partial charge in [-0.05, 0) is 72.8 Å². The smallest absolute Gasteiger partial charge is 0.0542 e. The number of para-hydroxylation sites is 4. The monoisotopic (exact) mass is 574 g/mol. The molecular formula is C41H26N4. The summed E-state index contributed by atoms with van der Waals surface area (Å²) in [5, 5.41) is 7.50. The molecule has 4 aromatic heterocycles. The van der Waals surface area contributed by atoms with Gasteiger partial charge in [0.25, 0.3) is 0 Å².